The van der Waals surface area contributed by atoms with E-state index in [1.807, 2.05) is 25.1 Å². The van der Waals surface area contributed by atoms with E-state index in [1.54, 1.807) is 24.3 Å². The standard InChI is InChI=1S/C18H22N2O4/c1-20(2)14-7-6-11(8-13(14)19)17(21)12-9-15(22-3)18(24-5)16(10-12)23-4/h6-10H,19H2,1-5H3. The predicted octanol–water partition coefficient (Wildman–Crippen LogP) is 2.59. The number of carbonyl (C=O) groups excluding carboxylic acids is 1. The van der Waals surface area contributed by atoms with Gasteiger partial charge in [0.05, 0.1) is 32.7 Å². The van der Waals surface area contributed by atoms with Gasteiger partial charge < -0.3 is 24.8 Å². The maximum atomic E-state index is 12.8. The summed E-state index contributed by atoms with van der Waals surface area (Å²) in [5.41, 5.74) is 8.36. The average Bonchev–Trinajstić information content (AvgIpc) is 2.59. The van der Waals surface area contributed by atoms with Crippen LogP contribution in [0.2, 0.25) is 0 Å². The summed E-state index contributed by atoms with van der Waals surface area (Å²) < 4.78 is 15.9. The van der Waals surface area contributed by atoms with Crippen molar-refractivity contribution < 1.29 is 19.0 Å². The molecule has 0 radical (unpaired) electrons. The summed E-state index contributed by atoms with van der Waals surface area (Å²) in [5.74, 6) is 1.13. The number of carbonyl (C=O) groups is 1. The van der Waals surface area contributed by atoms with Crippen LogP contribution in [0.3, 0.4) is 0 Å². The summed E-state index contributed by atoms with van der Waals surface area (Å²) in [6.45, 7) is 0. The molecule has 0 heterocycles. The maximum Gasteiger partial charge on any atom is 0.203 e. The molecule has 0 amide bonds. The molecule has 2 N–H and O–H groups in total. The second kappa shape index (κ2) is 7.12. The van der Waals surface area contributed by atoms with Crippen LogP contribution in [0.1, 0.15) is 15.9 Å². The van der Waals surface area contributed by atoms with Crippen LogP contribution in [0.5, 0.6) is 17.2 Å². The van der Waals surface area contributed by atoms with Gasteiger partial charge in [-0.25, -0.2) is 0 Å². The van der Waals surface area contributed by atoms with Crippen LogP contribution in [0, 0.1) is 0 Å². The SMILES string of the molecule is COc1cc(C(=O)c2ccc(N(C)C)c(N)c2)cc(OC)c1OC. The van der Waals surface area contributed by atoms with Crippen molar-refractivity contribution in [1.29, 1.82) is 0 Å². The molecule has 0 saturated carbocycles. The molecule has 128 valence electrons. The molecule has 6 heteroatoms. The van der Waals surface area contributed by atoms with Crippen LogP contribution in [0.4, 0.5) is 11.4 Å². The first-order chi connectivity index (χ1) is 11.4. The molecule has 0 bridgehead atoms. The second-order valence-electron chi connectivity index (χ2n) is 5.41. The van der Waals surface area contributed by atoms with Gasteiger partial charge in [0.25, 0.3) is 0 Å². The lowest BCUT2D eigenvalue weighted by atomic mass is 10.0. The zero-order chi connectivity index (χ0) is 17.9. The highest BCUT2D eigenvalue weighted by Gasteiger charge is 2.18. The Morgan fingerprint density at radius 1 is 0.917 bits per heavy atom. The fourth-order valence-electron chi connectivity index (χ4n) is 2.48. The number of hydrogen-bond acceptors (Lipinski definition) is 6. The van der Waals surface area contributed by atoms with Gasteiger partial charge in [-0.3, -0.25) is 4.79 Å². The molecule has 0 aliphatic rings. The Labute approximate surface area is 141 Å². The molecule has 2 rings (SSSR count). The van der Waals surface area contributed by atoms with Crippen LogP contribution in [0.25, 0.3) is 0 Å². The lowest BCUT2D eigenvalue weighted by Gasteiger charge is -2.16. The lowest BCUT2D eigenvalue weighted by molar-refractivity contribution is 0.103. The number of ether oxygens (including phenoxy) is 3. The largest absolute Gasteiger partial charge is 0.493 e. The number of methoxy groups -OCH3 is 3. The van der Waals surface area contributed by atoms with E-state index >= 15 is 0 Å². The number of nitrogens with zero attached hydrogens (tertiary/aromatic N) is 1. The Morgan fingerprint density at radius 2 is 1.50 bits per heavy atom. The minimum atomic E-state index is -0.175. The fraction of sp³-hybridized carbons (Fsp3) is 0.278. The normalized spacial score (nSPS) is 10.2. The van der Waals surface area contributed by atoms with Crippen molar-refractivity contribution in [2.75, 3.05) is 46.1 Å². The van der Waals surface area contributed by atoms with E-state index in [4.69, 9.17) is 19.9 Å². The summed E-state index contributed by atoms with van der Waals surface area (Å²) in [6.07, 6.45) is 0. The molecule has 6 nitrogen and oxygen atoms in total. The van der Waals surface area contributed by atoms with E-state index in [2.05, 4.69) is 0 Å². The highest BCUT2D eigenvalue weighted by atomic mass is 16.5. The number of rotatable bonds is 6. The first-order valence-electron chi connectivity index (χ1n) is 7.34. The molecule has 0 fully saturated rings. The molecule has 0 atom stereocenters. The Kier molecular flexibility index (Phi) is 5.18. The average molecular weight is 330 g/mol. The molecule has 0 aliphatic heterocycles. The molecule has 0 aliphatic carbocycles. The van der Waals surface area contributed by atoms with E-state index in [9.17, 15) is 4.79 Å². The first kappa shape index (κ1) is 17.5. The third kappa shape index (κ3) is 3.22. The van der Waals surface area contributed by atoms with E-state index in [0.717, 1.165) is 5.69 Å². The van der Waals surface area contributed by atoms with Gasteiger partial charge in [0, 0.05) is 25.2 Å². The van der Waals surface area contributed by atoms with Gasteiger partial charge in [-0.1, -0.05) is 0 Å². The van der Waals surface area contributed by atoms with Crippen LogP contribution < -0.4 is 24.8 Å². The van der Waals surface area contributed by atoms with E-state index in [0.29, 0.717) is 34.1 Å². The van der Waals surface area contributed by atoms with Crippen LogP contribution in [-0.2, 0) is 0 Å². The summed E-state index contributed by atoms with van der Waals surface area (Å²) in [7, 11) is 8.33. The highest BCUT2D eigenvalue weighted by Crippen LogP contribution is 2.38. The van der Waals surface area contributed by atoms with Crippen molar-refractivity contribution in [3.63, 3.8) is 0 Å². The fourth-order valence-corrected chi connectivity index (χ4v) is 2.48. The van der Waals surface area contributed by atoms with Gasteiger partial charge in [0.2, 0.25) is 5.75 Å². The molecular weight excluding hydrogens is 308 g/mol. The lowest BCUT2D eigenvalue weighted by Crippen LogP contribution is -2.12. The van der Waals surface area contributed by atoms with E-state index in [1.165, 1.54) is 21.3 Å². The van der Waals surface area contributed by atoms with Crippen molar-refractivity contribution in [1.82, 2.24) is 0 Å². The van der Waals surface area contributed by atoms with Crippen molar-refractivity contribution in [3.05, 3.63) is 41.5 Å². The van der Waals surface area contributed by atoms with Crippen LogP contribution in [0.15, 0.2) is 30.3 Å². The zero-order valence-electron chi connectivity index (χ0n) is 14.5. The first-order valence-corrected chi connectivity index (χ1v) is 7.34. The summed E-state index contributed by atoms with van der Waals surface area (Å²) in [4.78, 5) is 14.7. The zero-order valence-corrected chi connectivity index (χ0v) is 14.5. The molecule has 24 heavy (non-hydrogen) atoms. The Hall–Kier alpha value is -2.89. The van der Waals surface area contributed by atoms with Gasteiger partial charge in [-0.2, -0.15) is 0 Å². The van der Waals surface area contributed by atoms with Crippen molar-refractivity contribution >= 4 is 17.2 Å². The molecule has 0 spiro atoms. The third-order valence-electron chi connectivity index (χ3n) is 3.70. The van der Waals surface area contributed by atoms with Crippen molar-refractivity contribution in [3.8, 4) is 17.2 Å². The maximum absolute atomic E-state index is 12.8. The third-order valence-corrected chi connectivity index (χ3v) is 3.70. The number of anilines is 2. The smallest absolute Gasteiger partial charge is 0.203 e. The second-order valence-corrected chi connectivity index (χ2v) is 5.41. The number of benzene rings is 2. The monoisotopic (exact) mass is 330 g/mol. The number of hydrogen-bond donors (Lipinski definition) is 1. The van der Waals surface area contributed by atoms with Gasteiger partial charge in [0.15, 0.2) is 17.3 Å². The van der Waals surface area contributed by atoms with Gasteiger partial charge in [0.1, 0.15) is 0 Å². The summed E-state index contributed by atoms with van der Waals surface area (Å²) >= 11 is 0. The number of nitrogens with two attached hydrogens (primary N) is 1. The van der Waals surface area contributed by atoms with Crippen LogP contribution in [-0.4, -0.2) is 41.2 Å². The molecule has 2 aromatic carbocycles. The Morgan fingerprint density at radius 3 is 1.92 bits per heavy atom. The van der Waals surface area contributed by atoms with Crippen LogP contribution >= 0.6 is 0 Å². The summed E-state index contributed by atoms with van der Waals surface area (Å²) in [5, 5.41) is 0. The number of nitrogen functional groups attached to an aromatic ring is 1. The number of ketones is 1. The quantitative estimate of drug-likeness (QED) is 0.648. The molecular formula is C18H22N2O4. The van der Waals surface area contributed by atoms with Gasteiger partial charge in [-0.15, -0.1) is 0 Å². The Balaban J connectivity index is 2.48. The highest BCUT2D eigenvalue weighted by molar-refractivity contribution is 6.10. The minimum absolute atomic E-state index is 0.175. The van der Waals surface area contributed by atoms with Gasteiger partial charge >= 0.3 is 0 Å². The van der Waals surface area contributed by atoms with E-state index < -0.39 is 0 Å². The molecule has 2 aromatic rings. The molecule has 0 unspecified atom stereocenters. The molecule has 0 saturated heterocycles. The topological polar surface area (TPSA) is 74.0 Å². The van der Waals surface area contributed by atoms with Crippen molar-refractivity contribution in [2.45, 2.75) is 0 Å². The van der Waals surface area contributed by atoms with E-state index in [-0.39, 0.29) is 5.78 Å². The predicted molar refractivity (Wildman–Crippen MR) is 94.7 cm³/mol. The molecule has 0 aromatic heterocycles. The summed E-state index contributed by atoms with van der Waals surface area (Å²) in [6, 6.07) is 8.48. The Bertz CT molecular complexity index is 732. The van der Waals surface area contributed by atoms with Gasteiger partial charge in [-0.05, 0) is 30.3 Å². The van der Waals surface area contributed by atoms with Crippen molar-refractivity contribution in [2.24, 2.45) is 0 Å². The minimum Gasteiger partial charge on any atom is -0.493 e.